The average Bonchev–Trinajstić information content (AvgIpc) is 3.15. The second-order valence-corrected chi connectivity index (χ2v) is 6.85. The Morgan fingerprint density at radius 1 is 1.00 bits per heavy atom. The molecule has 0 radical (unpaired) electrons. The van der Waals surface area contributed by atoms with E-state index in [1.807, 2.05) is 30.3 Å². The van der Waals surface area contributed by atoms with E-state index < -0.39 is 17.7 Å². The monoisotopic (exact) mass is 394 g/mol. The molecule has 4 aromatic rings. The number of benzene rings is 2. The Hall–Kier alpha value is -3.39. The summed E-state index contributed by atoms with van der Waals surface area (Å²) in [7, 11) is 3.56. The molecular weight excluding hydrogens is 374 g/mol. The lowest BCUT2D eigenvalue weighted by atomic mass is 10.0. The molecule has 2 aromatic heterocycles. The minimum atomic E-state index is -0.574. The third-order valence-corrected chi connectivity index (χ3v) is 4.79. The standard InChI is InChI=1S/C21H20F2N6/c1-28(2)18(19-16(22)9-6-10-17(19)23)12-24-20-15-11-27-29(21(15)26-13-25-20)14-7-4-3-5-8-14/h3-11,13,18H,12H2,1-2H3,(H,24,25,26). The van der Waals surface area contributed by atoms with E-state index in [-0.39, 0.29) is 12.1 Å². The number of hydrogen-bond donors (Lipinski definition) is 1. The number of para-hydroxylation sites is 1. The molecule has 6 nitrogen and oxygen atoms in total. The summed E-state index contributed by atoms with van der Waals surface area (Å²) in [6.45, 7) is 0.257. The van der Waals surface area contributed by atoms with Crippen LogP contribution in [0.15, 0.2) is 61.1 Å². The number of halogens is 2. The van der Waals surface area contributed by atoms with Gasteiger partial charge < -0.3 is 10.2 Å². The smallest absolute Gasteiger partial charge is 0.168 e. The highest BCUT2D eigenvalue weighted by Gasteiger charge is 2.22. The van der Waals surface area contributed by atoms with E-state index in [0.717, 1.165) is 11.1 Å². The van der Waals surface area contributed by atoms with Gasteiger partial charge in [0.1, 0.15) is 23.8 Å². The molecule has 2 aromatic carbocycles. The van der Waals surface area contributed by atoms with E-state index in [4.69, 9.17) is 0 Å². The van der Waals surface area contributed by atoms with Crippen LogP contribution in [0, 0.1) is 11.6 Å². The first-order chi connectivity index (χ1) is 14.1. The normalized spacial score (nSPS) is 12.4. The minimum absolute atomic E-state index is 0.0234. The highest BCUT2D eigenvalue weighted by molar-refractivity contribution is 5.87. The van der Waals surface area contributed by atoms with Crippen LogP contribution >= 0.6 is 0 Å². The topological polar surface area (TPSA) is 58.9 Å². The van der Waals surface area contributed by atoms with Gasteiger partial charge in [-0.05, 0) is 38.4 Å². The second-order valence-electron chi connectivity index (χ2n) is 6.85. The number of nitrogens with zero attached hydrogens (tertiary/aromatic N) is 5. The first-order valence-corrected chi connectivity index (χ1v) is 9.14. The minimum Gasteiger partial charge on any atom is -0.367 e. The van der Waals surface area contributed by atoms with Gasteiger partial charge in [0, 0.05) is 12.1 Å². The van der Waals surface area contributed by atoms with Crippen molar-refractivity contribution in [3.63, 3.8) is 0 Å². The van der Waals surface area contributed by atoms with Crippen molar-refractivity contribution in [2.24, 2.45) is 0 Å². The van der Waals surface area contributed by atoms with E-state index in [1.165, 1.54) is 24.5 Å². The summed E-state index contributed by atoms with van der Waals surface area (Å²) >= 11 is 0. The maximum atomic E-state index is 14.3. The van der Waals surface area contributed by atoms with E-state index >= 15 is 0 Å². The number of aromatic nitrogens is 4. The maximum Gasteiger partial charge on any atom is 0.168 e. The predicted octanol–water partition coefficient (Wildman–Crippen LogP) is 3.81. The molecule has 0 aliphatic rings. The third kappa shape index (κ3) is 3.66. The molecule has 0 saturated carbocycles. The SMILES string of the molecule is CN(C)C(CNc1ncnc2c1cnn2-c1ccccc1)c1c(F)cccc1F. The zero-order valence-corrected chi connectivity index (χ0v) is 16.0. The van der Waals surface area contributed by atoms with Gasteiger partial charge in [0.15, 0.2) is 5.65 Å². The summed E-state index contributed by atoms with van der Waals surface area (Å²) in [5, 5.41) is 8.35. The van der Waals surface area contributed by atoms with E-state index in [9.17, 15) is 8.78 Å². The molecule has 29 heavy (non-hydrogen) atoms. The number of rotatable bonds is 6. The lowest BCUT2D eigenvalue weighted by Crippen LogP contribution is -2.29. The Morgan fingerprint density at radius 3 is 2.41 bits per heavy atom. The van der Waals surface area contributed by atoms with Crippen LogP contribution in [0.25, 0.3) is 16.7 Å². The number of likely N-dealkylation sites (N-methyl/N-ethyl adjacent to an activating group) is 1. The summed E-state index contributed by atoms with van der Waals surface area (Å²) in [5.41, 5.74) is 1.55. The molecule has 8 heteroatoms. The van der Waals surface area contributed by atoms with Crippen molar-refractivity contribution in [3.8, 4) is 5.69 Å². The van der Waals surface area contributed by atoms with Gasteiger partial charge in [0.05, 0.1) is 23.3 Å². The molecule has 0 saturated heterocycles. The second kappa shape index (κ2) is 7.92. The number of hydrogen-bond acceptors (Lipinski definition) is 5. The number of anilines is 1. The Bertz CT molecular complexity index is 1110. The molecule has 2 heterocycles. The Morgan fingerprint density at radius 2 is 1.72 bits per heavy atom. The van der Waals surface area contributed by atoms with Crippen LogP contribution in [0.2, 0.25) is 0 Å². The first kappa shape index (κ1) is 18.9. The molecule has 0 spiro atoms. The zero-order valence-electron chi connectivity index (χ0n) is 16.0. The summed E-state index contributed by atoms with van der Waals surface area (Å²) < 4.78 is 30.3. The van der Waals surface area contributed by atoms with Gasteiger partial charge in [-0.1, -0.05) is 24.3 Å². The molecule has 148 valence electrons. The largest absolute Gasteiger partial charge is 0.367 e. The van der Waals surface area contributed by atoms with Crippen LogP contribution in [0.3, 0.4) is 0 Å². The first-order valence-electron chi connectivity index (χ1n) is 9.14. The van der Waals surface area contributed by atoms with Crippen LogP contribution in [0.1, 0.15) is 11.6 Å². The van der Waals surface area contributed by atoms with Gasteiger partial charge in [-0.15, -0.1) is 0 Å². The van der Waals surface area contributed by atoms with Crippen LogP contribution in [-0.2, 0) is 0 Å². The summed E-state index contributed by atoms with van der Waals surface area (Å²) in [6, 6.07) is 13.0. The summed E-state index contributed by atoms with van der Waals surface area (Å²) in [5.74, 6) is -0.591. The fourth-order valence-electron chi connectivity index (χ4n) is 3.31. The van der Waals surface area contributed by atoms with Gasteiger partial charge in [-0.2, -0.15) is 5.10 Å². The van der Waals surface area contributed by atoms with Crippen LogP contribution < -0.4 is 5.32 Å². The van der Waals surface area contributed by atoms with E-state index in [2.05, 4.69) is 20.4 Å². The van der Waals surface area contributed by atoms with Crippen molar-refractivity contribution in [1.29, 1.82) is 0 Å². The van der Waals surface area contributed by atoms with Crippen molar-refractivity contribution in [1.82, 2.24) is 24.6 Å². The highest BCUT2D eigenvalue weighted by Crippen LogP contribution is 2.26. The Balaban J connectivity index is 1.65. The molecule has 0 bridgehead atoms. The summed E-state index contributed by atoms with van der Waals surface area (Å²) in [4.78, 5) is 10.4. The molecule has 1 unspecified atom stereocenters. The van der Waals surface area contributed by atoms with Gasteiger partial charge in [-0.25, -0.2) is 23.4 Å². The lowest BCUT2D eigenvalue weighted by Gasteiger charge is -2.26. The molecule has 1 N–H and O–H groups in total. The van der Waals surface area contributed by atoms with E-state index in [0.29, 0.717) is 11.5 Å². The molecular formula is C21H20F2N6. The van der Waals surface area contributed by atoms with Crippen molar-refractivity contribution >= 4 is 16.9 Å². The number of nitrogens with one attached hydrogen (secondary N) is 1. The lowest BCUT2D eigenvalue weighted by molar-refractivity contribution is 0.295. The fourth-order valence-corrected chi connectivity index (χ4v) is 3.31. The van der Waals surface area contributed by atoms with Crippen molar-refractivity contribution < 1.29 is 8.78 Å². The molecule has 0 aliphatic carbocycles. The third-order valence-electron chi connectivity index (χ3n) is 4.79. The zero-order chi connectivity index (χ0) is 20.4. The van der Waals surface area contributed by atoms with Crippen molar-refractivity contribution in [2.45, 2.75) is 6.04 Å². The van der Waals surface area contributed by atoms with Crippen molar-refractivity contribution in [2.75, 3.05) is 26.0 Å². The fraction of sp³-hybridized carbons (Fsp3) is 0.190. The van der Waals surface area contributed by atoms with Crippen LogP contribution in [0.4, 0.5) is 14.6 Å². The number of fused-ring (bicyclic) bond motifs is 1. The summed E-state index contributed by atoms with van der Waals surface area (Å²) in [6.07, 6.45) is 3.12. The van der Waals surface area contributed by atoms with E-state index in [1.54, 1.807) is 29.9 Å². The van der Waals surface area contributed by atoms with Gasteiger partial charge in [-0.3, -0.25) is 0 Å². The molecule has 4 rings (SSSR count). The molecule has 1 atom stereocenters. The molecule has 0 aliphatic heterocycles. The van der Waals surface area contributed by atoms with Crippen molar-refractivity contribution in [3.05, 3.63) is 78.3 Å². The van der Waals surface area contributed by atoms with Gasteiger partial charge >= 0.3 is 0 Å². The molecule has 0 amide bonds. The predicted molar refractivity (Wildman–Crippen MR) is 108 cm³/mol. The Kier molecular flexibility index (Phi) is 5.18. The van der Waals surface area contributed by atoms with Gasteiger partial charge in [0.25, 0.3) is 0 Å². The average molecular weight is 394 g/mol. The highest BCUT2D eigenvalue weighted by atomic mass is 19.1. The van der Waals surface area contributed by atoms with Gasteiger partial charge in [0.2, 0.25) is 0 Å². The van der Waals surface area contributed by atoms with Crippen LogP contribution in [-0.4, -0.2) is 45.3 Å². The maximum absolute atomic E-state index is 14.3. The molecule has 0 fully saturated rings. The quantitative estimate of drug-likeness (QED) is 0.539. The van der Waals surface area contributed by atoms with Crippen LogP contribution in [0.5, 0.6) is 0 Å². The Labute approximate surface area is 166 Å².